The third-order valence-corrected chi connectivity index (χ3v) is 3.10. The Bertz CT molecular complexity index is 760. The SMILES string of the molecule is CN/C=C(\C)C(=O)c1nn(-c2ccccc2C)ccc1=O. The molecule has 0 aliphatic rings. The zero-order valence-electron chi connectivity index (χ0n) is 12.3. The minimum absolute atomic E-state index is 0.0789. The van der Waals surface area contributed by atoms with Crippen molar-refractivity contribution in [2.24, 2.45) is 0 Å². The van der Waals surface area contributed by atoms with Crippen molar-refractivity contribution >= 4 is 5.78 Å². The average Bonchev–Trinajstić information content (AvgIpc) is 2.48. The van der Waals surface area contributed by atoms with Crippen molar-refractivity contribution in [3.63, 3.8) is 0 Å². The number of hydrogen-bond acceptors (Lipinski definition) is 4. The quantitative estimate of drug-likeness (QED) is 0.687. The molecule has 0 radical (unpaired) electrons. The molecule has 1 aromatic carbocycles. The standard InChI is InChI=1S/C16H17N3O2/c1-11-6-4-5-7-13(11)19-9-8-14(20)15(18-19)16(21)12(2)10-17-3/h4-10,17H,1-3H3/b12-10+. The van der Waals surface area contributed by atoms with Crippen molar-refractivity contribution in [2.45, 2.75) is 13.8 Å². The van der Waals surface area contributed by atoms with Crippen molar-refractivity contribution in [2.75, 3.05) is 7.05 Å². The van der Waals surface area contributed by atoms with E-state index < -0.39 is 0 Å². The Balaban J connectivity index is 2.53. The van der Waals surface area contributed by atoms with Crippen molar-refractivity contribution in [1.29, 1.82) is 0 Å². The Morgan fingerprint density at radius 2 is 2.00 bits per heavy atom. The predicted octanol–water partition coefficient (Wildman–Crippen LogP) is 1.85. The minimum atomic E-state index is -0.381. The number of rotatable bonds is 4. The lowest BCUT2D eigenvalue weighted by molar-refractivity contribution is 0.102. The van der Waals surface area contributed by atoms with Gasteiger partial charge in [-0.15, -0.1) is 0 Å². The Kier molecular flexibility index (Phi) is 4.33. The third kappa shape index (κ3) is 3.08. The second-order valence-electron chi connectivity index (χ2n) is 4.70. The number of Topliss-reactive ketones (excluding diaryl/α,β-unsaturated/α-hetero) is 1. The molecule has 5 nitrogen and oxygen atoms in total. The van der Waals surface area contributed by atoms with E-state index in [2.05, 4.69) is 10.4 Å². The van der Waals surface area contributed by atoms with Gasteiger partial charge in [0.25, 0.3) is 0 Å². The van der Waals surface area contributed by atoms with E-state index in [9.17, 15) is 9.59 Å². The smallest absolute Gasteiger partial charge is 0.214 e. The van der Waals surface area contributed by atoms with E-state index in [0.29, 0.717) is 5.57 Å². The maximum absolute atomic E-state index is 12.2. The van der Waals surface area contributed by atoms with Gasteiger partial charge in [-0.05, 0) is 25.5 Å². The highest BCUT2D eigenvalue weighted by Crippen LogP contribution is 2.11. The highest BCUT2D eigenvalue weighted by molar-refractivity contribution is 6.06. The van der Waals surface area contributed by atoms with E-state index >= 15 is 0 Å². The normalized spacial score (nSPS) is 11.3. The summed E-state index contributed by atoms with van der Waals surface area (Å²) in [6, 6.07) is 9.00. The number of aryl methyl sites for hydroxylation is 1. The first-order valence-electron chi connectivity index (χ1n) is 6.59. The Hall–Kier alpha value is -2.69. The fourth-order valence-corrected chi connectivity index (χ4v) is 1.99. The molecule has 2 aromatic rings. The maximum atomic E-state index is 12.2. The number of aromatic nitrogens is 2. The molecule has 0 aliphatic carbocycles. The summed E-state index contributed by atoms with van der Waals surface area (Å²) >= 11 is 0. The maximum Gasteiger partial charge on any atom is 0.214 e. The van der Waals surface area contributed by atoms with Crippen LogP contribution >= 0.6 is 0 Å². The molecule has 2 rings (SSSR count). The van der Waals surface area contributed by atoms with Crippen molar-refractivity contribution in [3.8, 4) is 5.69 Å². The third-order valence-electron chi connectivity index (χ3n) is 3.10. The molecule has 0 spiro atoms. The Morgan fingerprint density at radius 1 is 1.29 bits per heavy atom. The number of nitrogens with one attached hydrogen (secondary N) is 1. The molecule has 108 valence electrons. The average molecular weight is 283 g/mol. The molecule has 1 aromatic heterocycles. The van der Waals surface area contributed by atoms with Crippen LogP contribution in [0.15, 0.2) is 53.1 Å². The number of carbonyl (C=O) groups is 1. The first-order valence-corrected chi connectivity index (χ1v) is 6.59. The van der Waals surface area contributed by atoms with Gasteiger partial charge in [0.15, 0.2) is 5.69 Å². The molecule has 0 bridgehead atoms. The van der Waals surface area contributed by atoms with Gasteiger partial charge in [0.05, 0.1) is 5.69 Å². The van der Waals surface area contributed by atoms with Crippen molar-refractivity contribution in [3.05, 3.63) is 69.8 Å². The number of para-hydroxylation sites is 1. The molecular weight excluding hydrogens is 266 g/mol. The monoisotopic (exact) mass is 283 g/mol. The van der Waals surface area contributed by atoms with Crippen LogP contribution in [0.5, 0.6) is 0 Å². The van der Waals surface area contributed by atoms with E-state index in [1.165, 1.54) is 6.07 Å². The molecule has 0 aliphatic heterocycles. The van der Waals surface area contributed by atoms with Crippen LogP contribution < -0.4 is 10.7 Å². The van der Waals surface area contributed by atoms with Gasteiger partial charge in [-0.2, -0.15) is 5.10 Å². The van der Waals surface area contributed by atoms with Crippen molar-refractivity contribution < 1.29 is 4.79 Å². The fourth-order valence-electron chi connectivity index (χ4n) is 1.99. The number of nitrogens with zero attached hydrogens (tertiary/aromatic N) is 2. The molecule has 5 heteroatoms. The summed E-state index contributed by atoms with van der Waals surface area (Å²) < 4.78 is 1.55. The number of ketones is 1. The molecule has 21 heavy (non-hydrogen) atoms. The lowest BCUT2D eigenvalue weighted by atomic mass is 10.1. The molecule has 0 amide bonds. The van der Waals surface area contributed by atoms with Gasteiger partial charge in [0, 0.05) is 31.1 Å². The number of allylic oxidation sites excluding steroid dienone is 1. The summed E-state index contributed by atoms with van der Waals surface area (Å²) in [5.74, 6) is -0.378. The van der Waals surface area contributed by atoms with Gasteiger partial charge in [0.1, 0.15) is 0 Å². The zero-order valence-corrected chi connectivity index (χ0v) is 12.3. The van der Waals surface area contributed by atoms with Crippen LogP contribution in [0.4, 0.5) is 0 Å². The molecule has 0 fully saturated rings. The summed E-state index contributed by atoms with van der Waals surface area (Å²) in [6.07, 6.45) is 3.12. The second kappa shape index (κ2) is 6.17. The van der Waals surface area contributed by atoms with Gasteiger partial charge in [-0.25, -0.2) is 4.68 Å². The minimum Gasteiger partial charge on any atom is -0.394 e. The lowest BCUT2D eigenvalue weighted by Gasteiger charge is -2.09. The summed E-state index contributed by atoms with van der Waals surface area (Å²) in [4.78, 5) is 24.1. The number of hydrogen-bond donors (Lipinski definition) is 1. The van der Waals surface area contributed by atoms with Gasteiger partial charge >= 0.3 is 0 Å². The Morgan fingerprint density at radius 3 is 2.67 bits per heavy atom. The summed E-state index contributed by atoms with van der Waals surface area (Å²) in [5, 5.41) is 6.97. The second-order valence-corrected chi connectivity index (χ2v) is 4.70. The van der Waals surface area contributed by atoms with Crippen LogP contribution in [0, 0.1) is 6.92 Å². The highest BCUT2D eigenvalue weighted by atomic mass is 16.1. The van der Waals surface area contributed by atoms with Gasteiger partial charge in [0.2, 0.25) is 11.2 Å². The van der Waals surface area contributed by atoms with Crippen LogP contribution in [0.1, 0.15) is 23.0 Å². The molecule has 1 heterocycles. The van der Waals surface area contributed by atoms with E-state index in [4.69, 9.17) is 0 Å². The van der Waals surface area contributed by atoms with E-state index in [1.807, 2.05) is 31.2 Å². The summed E-state index contributed by atoms with van der Waals surface area (Å²) in [5.41, 5.74) is 1.82. The summed E-state index contributed by atoms with van der Waals surface area (Å²) in [6.45, 7) is 3.59. The predicted molar refractivity (Wildman–Crippen MR) is 81.7 cm³/mol. The molecular formula is C16H17N3O2. The highest BCUT2D eigenvalue weighted by Gasteiger charge is 2.15. The van der Waals surface area contributed by atoms with Crippen LogP contribution in [-0.4, -0.2) is 22.6 Å². The first kappa shape index (κ1) is 14.7. The molecule has 0 atom stereocenters. The first-order chi connectivity index (χ1) is 10.0. The zero-order chi connectivity index (χ0) is 15.4. The van der Waals surface area contributed by atoms with Crippen molar-refractivity contribution in [1.82, 2.24) is 15.1 Å². The Labute approximate surface area is 122 Å². The van der Waals surface area contributed by atoms with Crippen LogP contribution in [0.25, 0.3) is 5.69 Å². The number of benzene rings is 1. The fraction of sp³-hybridized carbons (Fsp3) is 0.188. The lowest BCUT2D eigenvalue weighted by Crippen LogP contribution is -2.22. The van der Waals surface area contributed by atoms with Gasteiger partial charge in [-0.3, -0.25) is 9.59 Å². The number of carbonyl (C=O) groups excluding carboxylic acids is 1. The van der Waals surface area contributed by atoms with Gasteiger partial charge < -0.3 is 5.32 Å². The van der Waals surface area contributed by atoms with Crippen LogP contribution in [0.3, 0.4) is 0 Å². The van der Waals surface area contributed by atoms with E-state index in [0.717, 1.165) is 11.3 Å². The molecule has 0 saturated carbocycles. The van der Waals surface area contributed by atoms with Crippen LogP contribution in [-0.2, 0) is 0 Å². The topological polar surface area (TPSA) is 64.0 Å². The largest absolute Gasteiger partial charge is 0.394 e. The molecule has 0 saturated heterocycles. The van der Waals surface area contributed by atoms with Crippen LogP contribution in [0.2, 0.25) is 0 Å². The van der Waals surface area contributed by atoms with E-state index in [1.54, 1.807) is 31.1 Å². The van der Waals surface area contributed by atoms with Gasteiger partial charge in [-0.1, -0.05) is 18.2 Å². The summed E-state index contributed by atoms with van der Waals surface area (Å²) in [7, 11) is 1.70. The molecule has 0 unspecified atom stereocenters. The molecule has 1 N–H and O–H groups in total. The van der Waals surface area contributed by atoms with E-state index in [-0.39, 0.29) is 16.9 Å².